The number of amides is 1. The van der Waals surface area contributed by atoms with Crippen LogP contribution in [0.15, 0.2) is 29.4 Å². The summed E-state index contributed by atoms with van der Waals surface area (Å²) in [6, 6.07) is 7.59. The number of carbonyl (C=O) groups excluding carboxylic acids is 1. The van der Waals surface area contributed by atoms with Crippen molar-refractivity contribution in [3.05, 3.63) is 29.8 Å². The molecule has 1 aliphatic heterocycles. The molecule has 1 heterocycles. The Hall–Kier alpha value is -2.60. The van der Waals surface area contributed by atoms with E-state index in [2.05, 4.69) is 5.10 Å². The zero-order chi connectivity index (χ0) is 18.0. The lowest BCUT2D eigenvalue weighted by molar-refractivity contribution is -0.302. The van der Waals surface area contributed by atoms with Crippen molar-refractivity contribution in [1.82, 2.24) is 5.01 Å². The van der Waals surface area contributed by atoms with E-state index in [0.717, 1.165) is 0 Å². The largest absolute Gasteiger partial charge is 0.484 e. The van der Waals surface area contributed by atoms with Crippen molar-refractivity contribution < 1.29 is 27.8 Å². The Morgan fingerprint density at radius 3 is 2.58 bits per heavy atom. The topological polar surface area (TPSA) is 85.9 Å². The van der Waals surface area contributed by atoms with Crippen LogP contribution < -0.4 is 4.74 Å². The maximum absolute atomic E-state index is 13.1. The van der Waals surface area contributed by atoms with Gasteiger partial charge in [0.25, 0.3) is 11.6 Å². The highest BCUT2D eigenvalue weighted by atomic mass is 19.4. The first kappa shape index (κ1) is 17.7. The molecule has 0 radical (unpaired) electrons. The third-order valence-corrected chi connectivity index (χ3v) is 3.49. The minimum absolute atomic E-state index is 0.0372. The lowest BCUT2D eigenvalue weighted by Gasteiger charge is -2.32. The van der Waals surface area contributed by atoms with E-state index >= 15 is 0 Å². The average molecular weight is 341 g/mol. The Morgan fingerprint density at radius 2 is 2.08 bits per heavy atom. The molecule has 1 aromatic carbocycles. The van der Waals surface area contributed by atoms with Crippen molar-refractivity contribution in [2.75, 3.05) is 6.61 Å². The molecule has 2 rings (SSSR count). The molecule has 128 valence electrons. The molecule has 0 aromatic heterocycles. The van der Waals surface area contributed by atoms with Crippen LogP contribution in [-0.2, 0) is 4.79 Å². The fraction of sp³-hybridized carbons (Fsp3) is 0.400. The van der Waals surface area contributed by atoms with Gasteiger partial charge in [-0.1, -0.05) is 6.92 Å². The Bertz CT molecular complexity index is 695. The average Bonchev–Trinajstić information content (AvgIpc) is 2.91. The van der Waals surface area contributed by atoms with Crippen LogP contribution in [0, 0.1) is 11.3 Å². The molecule has 0 unspecified atom stereocenters. The van der Waals surface area contributed by atoms with Crippen LogP contribution in [0.25, 0.3) is 0 Å². The standard InChI is InChI=1S/C15H14F3N3O3/c1-2-11-7-14(23,15(16,17)18)21(20-11)13(22)9-24-12-5-3-10(8-19)4-6-12/h3-6,23H,2,7,9H2,1H3/t14-/m0/s1. The molecule has 9 heteroatoms. The number of rotatable bonds is 4. The molecular weight excluding hydrogens is 327 g/mol. The number of alkyl halides is 3. The van der Waals surface area contributed by atoms with Crippen molar-refractivity contribution in [2.24, 2.45) is 5.10 Å². The van der Waals surface area contributed by atoms with E-state index in [1.54, 1.807) is 6.92 Å². The van der Waals surface area contributed by atoms with Gasteiger partial charge in [0.1, 0.15) is 5.75 Å². The van der Waals surface area contributed by atoms with Gasteiger partial charge in [0.15, 0.2) is 6.61 Å². The third kappa shape index (κ3) is 3.33. The lowest BCUT2D eigenvalue weighted by atomic mass is 10.1. The Morgan fingerprint density at radius 1 is 1.46 bits per heavy atom. The van der Waals surface area contributed by atoms with Gasteiger partial charge in [0.2, 0.25) is 0 Å². The van der Waals surface area contributed by atoms with Crippen LogP contribution in [0.4, 0.5) is 13.2 Å². The fourth-order valence-electron chi connectivity index (χ4n) is 2.13. The highest BCUT2D eigenvalue weighted by Gasteiger charge is 2.62. The van der Waals surface area contributed by atoms with Crippen molar-refractivity contribution in [2.45, 2.75) is 31.7 Å². The van der Waals surface area contributed by atoms with Crippen LogP contribution in [-0.4, -0.2) is 40.2 Å². The van der Waals surface area contributed by atoms with E-state index in [4.69, 9.17) is 10.00 Å². The maximum Gasteiger partial charge on any atom is 0.438 e. The van der Waals surface area contributed by atoms with Gasteiger partial charge < -0.3 is 9.84 Å². The number of carbonyl (C=O) groups is 1. The Kier molecular flexibility index (Phi) is 4.80. The first-order valence-corrected chi connectivity index (χ1v) is 7.02. The zero-order valence-corrected chi connectivity index (χ0v) is 12.7. The quantitative estimate of drug-likeness (QED) is 0.909. The molecule has 1 aromatic rings. The number of benzene rings is 1. The Balaban J connectivity index is 2.11. The summed E-state index contributed by atoms with van der Waals surface area (Å²) in [5.74, 6) is -0.917. The maximum atomic E-state index is 13.1. The van der Waals surface area contributed by atoms with Crippen LogP contribution in [0.3, 0.4) is 0 Å². The molecule has 6 nitrogen and oxygen atoms in total. The van der Waals surface area contributed by atoms with Crippen LogP contribution >= 0.6 is 0 Å². The number of nitrogens with zero attached hydrogens (tertiary/aromatic N) is 3. The van der Waals surface area contributed by atoms with Crippen molar-refractivity contribution in [3.63, 3.8) is 0 Å². The predicted octanol–water partition coefficient (Wildman–Crippen LogP) is 2.19. The molecule has 0 saturated heterocycles. The van der Waals surface area contributed by atoms with Crippen molar-refractivity contribution >= 4 is 11.6 Å². The van der Waals surface area contributed by atoms with E-state index in [9.17, 15) is 23.1 Å². The number of hydrogen-bond acceptors (Lipinski definition) is 5. The van der Waals surface area contributed by atoms with E-state index in [1.165, 1.54) is 24.3 Å². The summed E-state index contributed by atoms with van der Waals surface area (Å²) in [6.45, 7) is 0.849. The molecule has 0 aliphatic carbocycles. The second kappa shape index (κ2) is 6.49. The SMILES string of the molecule is CCC1=NN(C(=O)COc2ccc(C#N)cc2)[C@@](O)(C(F)(F)F)C1. The molecule has 24 heavy (non-hydrogen) atoms. The molecule has 1 aliphatic rings. The molecule has 1 atom stereocenters. The van der Waals surface area contributed by atoms with Gasteiger partial charge in [-0.15, -0.1) is 0 Å². The third-order valence-electron chi connectivity index (χ3n) is 3.49. The smallest absolute Gasteiger partial charge is 0.438 e. The summed E-state index contributed by atoms with van der Waals surface area (Å²) >= 11 is 0. The summed E-state index contributed by atoms with van der Waals surface area (Å²) < 4.78 is 44.5. The first-order valence-electron chi connectivity index (χ1n) is 7.02. The second-order valence-corrected chi connectivity index (χ2v) is 5.14. The molecule has 0 spiro atoms. The van der Waals surface area contributed by atoms with E-state index in [1.807, 2.05) is 6.07 Å². The first-order chi connectivity index (χ1) is 11.2. The van der Waals surface area contributed by atoms with Gasteiger partial charge in [-0.3, -0.25) is 4.79 Å². The predicted molar refractivity (Wildman–Crippen MR) is 76.8 cm³/mol. The van der Waals surface area contributed by atoms with E-state index in [0.29, 0.717) is 5.56 Å². The van der Waals surface area contributed by atoms with E-state index < -0.39 is 30.8 Å². The summed E-state index contributed by atoms with van der Waals surface area (Å²) in [7, 11) is 0. The highest BCUT2D eigenvalue weighted by molar-refractivity contribution is 5.90. The van der Waals surface area contributed by atoms with Crippen LogP contribution in [0.5, 0.6) is 5.75 Å². The minimum Gasteiger partial charge on any atom is -0.484 e. The molecular formula is C15H14F3N3O3. The lowest BCUT2D eigenvalue weighted by Crippen LogP contribution is -2.57. The molecule has 0 saturated carbocycles. The van der Waals surface area contributed by atoms with Crippen LogP contribution in [0.2, 0.25) is 0 Å². The van der Waals surface area contributed by atoms with Crippen molar-refractivity contribution in [1.29, 1.82) is 5.26 Å². The Labute approximate surface area is 135 Å². The number of nitriles is 1. The van der Waals surface area contributed by atoms with Gasteiger partial charge in [-0.25, -0.2) is 0 Å². The van der Waals surface area contributed by atoms with Gasteiger partial charge in [-0.05, 0) is 30.7 Å². The molecule has 1 N–H and O–H groups in total. The van der Waals surface area contributed by atoms with Gasteiger partial charge in [0.05, 0.1) is 11.6 Å². The summed E-state index contributed by atoms with van der Waals surface area (Å²) in [4.78, 5) is 12.0. The number of hydrogen-bond donors (Lipinski definition) is 1. The van der Waals surface area contributed by atoms with Gasteiger partial charge in [0, 0.05) is 12.1 Å². The number of halogens is 3. The monoisotopic (exact) mass is 341 g/mol. The number of aliphatic hydroxyl groups is 1. The minimum atomic E-state index is -5.04. The summed E-state index contributed by atoms with van der Waals surface area (Å²) in [5, 5.41) is 22.2. The van der Waals surface area contributed by atoms with E-state index in [-0.39, 0.29) is 22.9 Å². The number of ether oxygens (including phenoxy) is 1. The highest BCUT2D eigenvalue weighted by Crippen LogP contribution is 2.40. The van der Waals surface area contributed by atoms with Crippen molar-refractivity contribution in [3.8, 4) is 11.8 Å². The number of hydrazone groups is 1. The molecule has 0 fully saturated rings. The van der Waals surface area contributed by atoms with Crippen LogP contribution in [0.1, 0.15) is 25.3 Å². The van der Waals surface area contributed by atoms with Gasteiger partial charge in [-0.2, -0.15) is 28.5 Å². The zero-order valence-electron chi connectivity index (χ0n) is 12.7. The second-order valence-electron chi connectivity index (χ2n) is 5.14. The molecule has 0 bridgehead atoms. The van der Waals surface area contributed by atoms with Gasteiger partial charge >= 0.3 is 6.18 Å². The fourth-order valence-corrected chi connectivity index (χ4v) is 2.13. The summed E-state index contributed by atoms with van der Waals surface area (Å²) in [6.07, 6.45) is -5.65. The normalized spacial score (nSPS) is 20.5. The summed E-state index contributed by atoms with van der Waals surface area (Å²) in [5.41, 5.74) is -2.91. The molecule has 1 amide bonds.